The molecule has 13 heteroatoms. The van der Waals surface area contributed by atoms with Gasteiger partial charge >= 0.3 is 0 Å². The third kappa shape index (κ3) is 5.90. The van der Waals surface area contributed by atoms with E-state index in [1.54, 1.807) is 13.0 Å². The molecule has 3 N–H and O–H groups in total. The van der Waals surface area contributed by atoms with Gasteiger partial charge in [-0.2, -0.15) is 0 Å². The van der Waals surface area contributed by atoms with Crippen molar-refractivity contribution < 1.29 is 27.5 Å². The van der Waals surface area contributed by atoms with E-state index in [4.69, 9.17) is 9.57 Å². The second kappa shape index (κ2) is 11.3. The normalized spacial score (nSPS) is 10.6. The standard InChI is InChI=1S/C24H20F3N7O3/c1-3-37-34-24(35)16-12-30-20(33-23-17(27)8-14(26)11-31-23)10-18(16)32-19-9-13(25)7-15(21(19)36-2)22-28-5-4-6-29-22/h4-12H,3H2,1-2H3,(H,34,35)(H2,30,31,32,33). The largest absolute Gasteiger partial charge is 0.494 e. The lowest BCUT2D eigenvalue weighted by molar-refractivity contribution is 0.0365. The van der Waals surface area contributed by atoms with E-state index in [1.165, 1.54) is 37.8 Å². The first-order valence-electron chi connectivity index (χ1n) is 10.8. The van der Waals surface area contributed by atoms with Crippen LogP contribution in [0.1, 0.15) is 17.3 Å². The quantitative estimate of drug-likeness (QED) is 0.278. The fourth-order valence-corrected chi connectivity index (χ4v) is 3.28. The number of hydrogen-bond acceptors (Lipinski definition) is 9. The smallest absolute Gasteiger partial charge is 0.278 e. The molecule has 0 fully saturated rings. The number of nitrogens with zero attached hydrogens (tertiary/aromatic N) is 4. The van der Waals surface area contributed by atoms with Gasteiger partial charge in [-0.3, -0.25) is 9.63 Å². The Balaban J connectivity index is 1.77. The monoisotopic (exact) mass is 511 g/mol. The third-order valence-corrected chi connectivity index (χ3v) is 4.85. The lowest BCUT2D eigenvalue weighted by Gasteiger charge is -2.18. The van der Waals surface area contributed by atoms with Crippen LogP contribution in [0.5, 0.6) is 5.75 Å². The molecular weight excluding hydrogens is 491 g/mol. The number of methoxy groups -OCH3 is 1. The van der Waals surface area contributed by atoms with E-state index >= 15 is 0 Å². The first-order chi connectivity index (χ1) is 17.9. The van der Waals surface area contributed by atoms with Crippen molar-refractivity contribution in [2.75, 3.05) is 24.4 Å². The van der Waals surface area contributed by atoms with Crippen LogP contribution in [-0.4, -0.2) is 39.6 Å². The lowest BCUT2D eigenvalue weighted by atomic mass is 10.1. The highest BCUT2D eigenvalue weighted by Gasteiger charge is 2.20. The van der Waals surface area contributed by atoms with Crippen molar-refractivity contribution in [2.24, 2.45) is 0 Å². The minimum absolute atomic E-state index is 0.00960. The van der Waals surface area contributed by atoms with Gasteiger partial charge in [0.1, 0.15) is 17.5 Å². The maximum Gasteiger partial charge on any atom is 0.278 e. The molecule has 0 radical (unpaired) electrons. The Labute approximate surface area is 208 Å². The van der Waals surface area contributed by atoms with E-state index in [1.807, 2.05) is 0 Å². The molecule has 0 bridgehead atoms. The molecular formula is C24H20F3N7O3. The van der Waals surface area contributed by atoms with E-state index in [-0.39, 0.29) is 52.3 Å². The van der Waals surface area contributed by atoms with Crippen LogP contribution < -0.4 is 20.9 Å². The van der Waals surface area contributed by atoms with Crippen molar-refractivity contribution in [3.63, 3.8) is 0 Å². The number of pyridine rings is 2. The molecule has 0 spiro atoms. The molecule has 1 aromatic carbocycles. The van der Waals surface area contributed by atoms with Gasteiger partial charge in [0.05, 0.1) is 42.4 Å². The number of hydroxylamine groups is 1. The number of hydrogen-bond donors (Lipinski definition) is 3. The molecule has 0 atom stereocenters. The van der Waals surface area contributed by atoms with Crippen molar-refractivity contribution in [1.29, 1.82) is 0 Å². The van der Waals surface area contributed by atoms with Gasteiger partial charge in [-0.15, -0.1) is 0 Å². The van der Waals surface area contributed by atoms with Crippen molar-refractivity contribution in [1.82, 2.24) is 25.4 Å². The van der Waals surface area contributed by atoms with Gasteiger partial charge in [0.15, 0.2) is 23.2 Å². The number of benzene rings is 1. The Bertz CT molecular complexity index is 1420. The van der Waals surface area contributed by atoms with E-state index in [9.17, 15) is 18.0 Å². The van der Waals surface area contributed by atoms with Gasteiger partial charge in [0, 0.05) is 36.8 Å². The summed E-state index contributed by atoms with van der Waals surface area (Å²) >= 11 is 0. The Morgan fingerprint density at radius 3 is 2.41 bits per heavy atom. The highest BCUT2D eigenvalue weighted by atomic mass is 19.1. The second-order valence-electron chi connectivity index (χ2n) is 7.32. The van der Waals surface area contributed by atoms with Crippen LogP contribution in [0.4, 0.5) is 36.2 Å². The highest BCUT2D eigenvalue weighted by Crippen LogP contribution is 2.38. The number of amides is 1. The second-order valence-corrected chi connectivity index (χ2v) is 7.32. The first-order valence-corrected chi connectivity index (χ1v) is 10.8. The number of aromatic nitrogens is 4. The molecule has 190 valence electrons. The molecule has 0 aliphatic heterocycles. The van der Waals surface area contributed by atoms with Gasteiger partial charge < -0.3 is 15.4 Å². The molecule has 37 heavy (non-hydrogen) atoms. The van der Waals surface area contributed by atoms with Gasteiger partial charge in [0.25, 0.3) is 5.91 Å². The van der Waals surface area contributed by atoms with Crippen molar-refractivity contribution in [3.05, 3.63) is 78.1 Å². The first kappa shape index (κ1) is 25.3. The number of ether oxygens (including phenoxy) is 1. The molecule has 10 nitrogen and oxygen atoms in total. The van der Waals surface area contributed by atoms with Gasteiger partial charge in [0.2, 0.25) is 0 Å². The number of halogens is 3. The SMILES string of the molecule is CCONC(=O)c1cnc(Nc2ncc(F)cc2F)cc1Nc1cc(F)cc(-c2ncccn2)c1OC. The van der Waals surface area contributed by atoms with Crippen LogP contribution >= 0.6 is 0 Å². The molecule has 0 aliphatic rings. The highest BCUT2D eigenvalue weighted by molar-refractivity contribution is 6.00. The zero-order chi connectivity index (χ0) is 26.4. The third-order valence-electron chi connectivity index (χ3n) is 4.85. The zero-order valence-corrected chi connectivity index (χ0v) is 19.6. The topological polar surface area (TPSA) is 123 Å². The van der Waals surface area contributed by atoms with E-state index < -0.39 is 23.4 Å². The van der Waals surface area contributed by atoms with Gasteiger partial charge in [-0.25, -0.2) is 38.6 Å². The average molecular weight is 511 g/mol. The Morgan fingerprint density at radius 2 is 1.70 bits per heavy atom. The van der Waals surface area contributed by atoms with Crippen LogP contribution in [0.25, 0.3) is 11.4 Å². The number of rotatable bonds is 9. The lowest BCUT2D eigenvalue weighted by Crippen LogP contribution is -2.24. The summed E-state index contributed by atoms with van der Waals surface area (Å²) in [5, 5.41) is 5.58. The predicted molar refractivity (Wildman–Crippen MR) is 128 cm³/mol. The molecule has 3 heterocycles. The van der Waals surface area contributed by atoms with Crippen molar-refractivity contribution in [2.45, 2.75) is 6.92 Å². The van der Waals surface area contributed by atoms with Crippen LogP contribution in [0.3, 0.4) is 0 Å². The van der Waals surface area contributed by atoms with Crippen molar-refractivity contribution >= 4 is 28.9 Å². The summed E-state index contributed by atoms with van der Waals surface area (Å²) in [5.41, 5.74) is 2.79. The summed E-state index contributed by atoms with van der Waals surface area (Å²) < 4.78 is 47.5. The predicted octanol–water partition coefficient (Wildman–Crippen LogP) is 4.53. The zero-order valence-electron chi connectivity index (χ0n) is 19.6. The van der Waals surface area contributed by atoms with Crippen molar-refractivity contribution in [3.8, 4) is 17.1 Å². The van der Waals surface area contributed by atoms with E-state index in [2.05, 4.69) is 36.0 Å². The summed E-state index contributed by atoms with van der Waals surface area (Å²) in [5.74, 6) is -2.92. The summed E-state index contributed by atoms with van der Waals surface area (Å²) in [4.78, 5) is 33.7. The minimum Gasteiger partial charge on any atom is -0.494 e. The Kier molecular flexibility index (Phi) is 7.74. The Morgan fingerprint density at radius 1 is 0.919 bits per heavy atom. The van der Waals surface area contributed by atoms with Crippen LogP contribution in [-0.2, 0) is 4.84 Å². The van der Waals surface area contributed by atoms with Gasteiger partial charge in [-0.05, 0) is 19.1 Å². The average Bonchev–Trinajstić information content (AvgIpc) is 2.89. The maximum absolute atomic E-state index is 14.6. The molecule has 0 aliphatic carbocycles. The number of nitrogens with one attached hydrogen (secondary N) is 3. The molecule has 1 amide bonds. The minimum atomic E-state index is -0.950. The number of carbonyl (C=O) groups is 1. The summed E-state index contributed by atoms with van der Waals surface area (Å²) in [6.07, 6.45) is 5.02. The molecule has 0 unspecified atom stereocenters. The molecule has 0 saturated carbocycles. The molecule has 3 aromatic heterocycles. The number of carbonyl (C=O) groups excluding carboxylic acids is 1. The molecule has 4 rings (SSSR count). The number of anilines is 4. The fraction of sp³-hybridized carbons (Fsp3) is 0.125. The van der Waals surface area contributed by atoms with E-state index in [0.29, 0.717) is 6.07 Å². The van der Waals surface area contributed by atoms with Gasteiger partial charge in [-0.1, -0.05) is 0 Å². The van der Waals surface area contributed by atoms with Crippen LogP contribution in [0, 0.1) is 17.5 Å². The fourth-order valence-electron chi connectivity index (χ4n) is 3.28. The summed E-state index contributed by atoms with van der Waals surface area (Å²) in [6.45, 7) is 1.88. The molecule has 0 saturated heterocycles. The van der Waals surface area contributed by atoms with Crippen LogP contribution in [0.2, 0.25) is 0 Å². The summed E-state index contributed by atoms with van der Waals surface area (Å²) in [7, 11) is 1.39. The molecule has 4 aromatic rings. The van der Waals surface area contributed by atoms with E-state index in [0.717, 1.165) is 12.3 Å². The summed E-state index contributed by atoms with van der Waals surface area (Å²) in [6, 6.07) is 5.99. The maximum atomic E-state index is 14.6. The van der Waals surface area contributed by atoms with Crippen LogP contribution in [0.15, 0.2) is 55.1 Å². The Hall–Kier alpha value is -4.78.